The van der Waals surface area contributed by atoms with Crippen LogP contribution in [0.3, 0.4) is 0 Å². The molecule has 0 bridgehead atoms. The van der Waals surface area contributed by atoms with Crippen molar-refractivity contribution >= 4 is 15.7 Å². The molecule has 6 heteroatoms. The minimum atomic E-state index is -3.65. The molecule has 0 fully saturated rings. The van der Waals surface area contributed by atoms with Gasteiger partial charge in [0.15, 0.2) is 11.5 Å². The summed E-state index contributed by atoms with van der Waals surface area (Å²) < 4.78 is 38.1. The van der Waals surface area contributed by atoms with Crippen molar-refractivity contribution in [3.8, 4) is 11.5 Å². The summed E-state index contributed by atoms with van der Waals surface area (Å²) in [7, 11) is -0.605. The Balaban J connectivity index is 2.36. The summed E-state index contributed by atoms with van der Waals surface area (Å²) in [6, 6.07) is 10.2. The second-order valence-corrected chi connectivity index (χ2v) is 6.81. The zero-order chi connectivity index (χ0) is 17.0. The molecule has 0 saturated carbocycles. The molecule has 5 nitrogen and oxygen atoms in total. The number of ether oxygens (including phenoxy) is 2. The number of sulfonamides is 1. The molecular formula is C17H21NO4S. The maximum atomic E-state index is 12.5. The Morgan fingerprint density at radius 3 is 2.09 bits per heavy atom. The average molecular weight is 335 g/mol. The van der Waals surface area contributed by atoms with Crippen molar-refractivity contribution in [1.29, 1.82) is 0 Å². The molecule has 0 unspecified atom stereocenters. The highest BCUT2D eigenvalue weighted by molar-refractivity contribution is 7.92. The van der Waals surface area contributed by atoms with Crippen LogP contribution >= 0.6 is 0 Å². The summed E-state index contributed by atoms with van der Waals surface area (Å²) in [5.41, 5.74) is 2.30. The van der Waals surface area contributed by atoms with Gasteiger partial charge in [-0.2, -0.15) is 0 Å². The lowest BCUT2D eigenvalue weighted by molar-refractivity contribution is 0.355. The zero-order valence-corrected chi connectivity index (χ0v) is 14.5. The maximum absolute atomic E-state index is 12.5. The topological polar surface area (TPSA) is 64.6 Å². The Kier molecular flexibility index (Phi) is 5.15. The van der Waals surface area contributed by atoms with Crippen LogP contribution in [0.2, 0.25) is 0 Å². The Bertz CT molecular complexity index is 783. The minimum absolute atomic E-state index is 0.226. The first kappa shape index (κ1) is 17.1. The zero-order valence-electron chi connectivity index (χ0n) is 13.7. The molecule has 0 aromatic heterocycles. The number of methoxy groups -OCH3 is 2. The van der Waals surface area contributed by atoms with Crippen molar-refractivity contribution in [2.75, 3.05) is 18.9 Å². The lowest BCUT2D eigenvalue weighted by atomic mass is 10.2. The van der Waals surface area contributed by atoms with E-state index in [0.29, 0.717) is 17.2 Å². The third kappa shape index (κ3) is 3.76. The second-order valence-electron chi connectivity index (χ2n) is 5.13. The minimum Gasteiger partial charge on any atom is -0.493 e. The van der Waals surface area contributed by atoms with Gasteiger partial charge in [-0.3, -0.25) is 4.72 Å². The number of hydrogen-bond donors (Lipinski definition) is 1. The fraction of sp³-hybridized carbons (Fsp3) is 0.294. The van der Waals surface area contributed by atoms with Crippen molar-refractivity contribution in [3.05, 3.63) is 47.5 Å². The van der Waals surface area contributed by atoms with E-state index in [1.807, 2.05) is 19.1 Å². The van der Waals surface area contributed by atoms with Crippen molar-refractivity contribution in [1.82, 2.24) is 0 Å². The molecule has 0 saturated heterocycles. The number of hydrogen-bond acceptors (Lipinski definition) is 4. The average Bonchev–Trinajstić information content (AvgIpc) is 2.56. The Morgan fingerprint density at radius 2 is 1.57 bits per heavy atom. The molecule has 1 N–H and O–H groups in total. The van der Waals surface area contributed by atoms with Gasteiger partial charge in [0.05, 0.1) is 24.8 Å². The van der Waals surface area contributed by atoms with E-state index in [0.717, 1.165) is 17.5 Å². The molecule has 0 aliphatic heterocycles. The van der Waals surface area contributed by atoms with E-state index in [9.17, 15) is 8.42 Å². The molecule has 0 radical (unpaired) electrons. The first-order valence-electron chi connectivity index (χ1n) is 7.25. The molecule has 0 aliphatic carbocycles. The molecule has 2 aromatic rings. The first-order chi connectivity index (χ1) is 10.9. The number of nitrogens with one attached hydrogen (secondary N) is 1. The van der Waals surface area contributed by atoms with E-state index in [1.165, 1.54) is 14.2 Å². The fourth-order valence-electron chi connectivity index (χ4n) is 2.20. The van der Waals surface area contributed by atoms with Gasteiger partial charge in [-0.25, -0.2) is 8.42 Å². The number of rotatable bonds is 6. The molecule has 0 amide bonds. The number of anilines is 1. The smallest absolute Gasteiger partial charge is 0.261 e. The molecule has 0 atom stereocenters. The van der Waals surface area contributed by atoms with E-state index < -0.39 is 10.0 Å². The van der Waals surface area contributed by atoms with Crippen LogP contribution in [0, 0.1) is 6.92 Å². The predicted molar refractivity (Wildman–Crippen MR) is 90.9 cm³/mol. The third-order valence-electron chi connectivity index (χ3n) is 3.62. The molecule has 2 aromatic carbocycles. The highest BCUT2D eigenvalue weighted by Crippen LogP contribution is 2.33. The van der Waals surface area contributed by atoms with Crippen molar-refractivity contribution in [2.45, 2.75) is 25.2 Å². The van der Waals surface area contributed by atoms with Crippen LogP contribution in [0.1, 0.15) is 18.1 Å². The summed E-state index contributed by atoms with van der Waals surface area (Å²) in [4.78, 5) is 0.226. The quantitative estimate of drug-likeness (QED) is 0.879. The number of benzene rings is 2. The van der Waals surface area contributed by atoms with Crippen LogP contribution in [0.25, 0.3) is 0 Å². The van der Waals surface area contributed by atoms with Crippen LogP contribution < -0.4 is 14.2 Å². The van der Waals surface area contributed by atoms with Crippen molar-refractivity contribution in [2.24, 2.45) is 0 Å². The van der Waals surface area contributed by atoms with Gasteiger partial charge in [-0.15, -0.1) is 0 Å². The Hall–Kier alpha value is -2.21. The van der Waals surface area contributed by atoms with Gasteiger partial charge in [-0.1, -0.05) is 19.1 Å². The third-order valence-corrected chi connectivity index (χ3v) is 5.00. The van der Waals surface area contributed by atoms with Crippen molar-refractivity contribution < 1.29 is 17.9 Å². The van der Waals surface area contributed by atoms with Crippen molar-refractivity contribution in [3.63, 3.8) is 0 Å². The van der Waals surface area contributed by atoms with E-state index in [4.69, 9.17) is 9.47 Å². The summed E-state index contributed by atoms with van der Waals surface area (Å²) >= 11 is 0. The fourth-order valence-corrected chi connectivity index (χ4v) is 3.32. The van der Waals surface area contributed by atoms with E-state index in [1.54, 1.807) is 31.2 Å². The molecule has 2 rings (SSSR count). The lowest BCUT2D eigenvalue weighted by Crippen LogP contribution is -2.14. The van der Waals surface area contributed by atoms with Crippen LogP contribution in [-0.2, 0) is 16.4 Å². The summed E-state index contributed by atoms with van der Waals surface area (Å²) in [6.07, 6.45) is 0.864. The molecular weight excluding hydrogens is 314 g/mol. The SMILES string of the molecule is CCc1ccc(S(=O)(=O)Nc2cc(OC)c(OC)cc2C)cc1. The van der Waals surface area contributed by atoms with Gasteiger partial charge >= 0.3 is 0 Å². The standard InChI is InChI=1S/C17H21NO4S/c1-5-13-6-8-14(9-7-13)23(19,20)18-15-11-17(22-4)16(21-3)10-12(15)2/h6-11,18H,5H2,1-4H3. The monoisotopic (exact) mass is 335 g/mol. The number of aryl methyl sites for hydroxylation is 2. The van der Waals surface area contributed by atoms with E-state index in [-0.39, 0.29) is 4.90 Å². The molecule has 0 aliphatic rings. The van der Waals surface area contributed by atoms with Crippen LogP contribution in [0.5, 0.6) is 11.5 Å². The van der Waals surface area contributed by atoms with Gasteiger partial charge in [-0.05, 0) is 42.7 Å². The molecule has 124 valence electrons. The van der Waals surface area contributed by atoms with Gasteiger partial charge < -0.3 is 9.47 Å². The van der Waals surface area contributed by atoms with Gasteiger partial charge in [0.2, 0.25) is 0 Å². The highest BCUT2D eigenvalue weighted by atomic mass is 32.2. The van der Waals surface area contributed by atoms with E-state index in [2.05, 4.69) is 4.72 Å². The summed E-state index contributed by atoms with van der Waals surface area (Å²) in [6.45, 7) is 3.83. The van der Waals surface area contributed by atoms with Gasteiger partial charge in [0.25, 0.3) is 10.0 Å². The Labute approximate surface area is 137 Å². The van der Waals surface area contributed by atoms with Gasteiger partial charge in [0, 0.05) is 6.07 Å². The Morgan fingerprint density at radius 1 is 1.00 bits per heavy atom. The normalized spacial score (nSPS) is 11.1. The first-order valence-corrected chi connectivity index (χ1v) is 8.74. The molecule has 23 heavy (non-hydrogen) atoms. The predicted octanol–water partition coefficient (Wildman–Crippen LogP) is 3.38. The van der Waals surface area contributed by atoms with Crippen LogP contribution in [0.4, 0.5) is 5.69 Å². The maximum Gasteiger partial charge on any atom is 0.261 e. The molecule has 0 spiro atoms. The van der Waals surface area contributed by atoms with Gasteiger partial charge in [0.1, 0.15) is 0 Å². The largest absolute Gasteiger partial charge is 0.493 e. The summed E-state index contributed by atoms with van der Waals surface area (Å²) in [5, 5.41) is 0. The van der Waals surface area contributed by atoms with Crippen LogP contribution in [0.15, 0.2) is 41.3 Å². The molecule has 0 heterocycles. The summed E-state index contributed by atoms with van der Waals surface area (Å²) in [5.74, 6) is 1.03. The highest BCUT2D eigenvalue weighted by Gasteiger charge is 2.17. The van der Waals surface area contributed by atoms with Crippen LogP contribution in [-0.4, -0.2) is 22.6 Å². The second kappa shape index (κ2) is 6.91. The lowest BCUT2D eigenvalue weighted by Gasteiger charge is -2.14. The van der Waals surface area contributed by atoms with E-state index >= 15 is 0 Å².